The molecule has 0 saturated carbocycles. The molecule has 3 N–H and O–H groups in total. The van der Waals surface area contributed by atoms with Crippen molar-refractivity contribution >= 4 is 27.7 Å². The SMILES string of the molecule is CCc1ccc(/C=C/C(=O)Nc2ccc(C)c(S(N)(=O)=O)c2)cc1. The van der Waals surface area contributed by atoms with Crippen LogP contribution in [0, 0.1) is 6.92 Å². The number of primary sulfonamides is 1. The van der Waals surface area contributed by atoms with Gasteiger partial charge in [0.2, 0.25) is 15.9 Å². The van der Waals surface area contributed by atoms with Crippen molar-refractivity contribution in [2.75, 3.05) is 5.32 Å². The summed E-state index contributed by atoms with van der Waals surface area (Å²) in [5.74, 6) is -0.348. The first kappa shape index (κ1) is 17.9. The second-order valence-electron chi connectivity index (χ2n) is 5.44. The molecule has 2 aromatic carbocycles. The largest absolute Gasteiger partial charge is 0.322 e. The Balaban J connectivity index is 2.10. The lowest BCUT2D eigenvalue weighted by Gasteiger charge is -2.07. The number of anilines is 1. The summed E-state index contributed by atoms with van der Waals surface area (Å²) < 4.78 is 23.0. The van der Waals surface area contributed by atoms with Crippen LogP contribution in [-0.4, -0.2) is 14.3 Å². The Labute approximate surface area is 142 Å². The molecule has 126 valence electrons. The molecule has 2 aromatic rings. The topological polar surface area (TPSA) is 89.3 Å². The molecule has 0 aliphatic rings. The summed E-state index contributed by atoms with van der Waals surface area (Å²) in [5.41, 5.74) is 3.05. The van der Waals surface area contributed by atoms with Crippen molar-refractivity contribution in [2.45, 2.75) is 25.2 Å². The monoisotopic (exact) mass is 344 g/mol. The van der Waals surface area contributed by atoms with Crippen molar-refractivity contribution in [3.63, 3.8) is 0 Å². The van der Waals surface area contributed by atoms with Gasteiger partial charge < -0.3 is 5.32 Å². The number of amides is 1. The van der Waals surface area contributed by atoms with Gasteiger partial charge in [-0.25, -0.2) is 13.6 Å². The van der Waals surface area contributed by atoms with Gasteiger partial charge in [0.1, 0.15) is 0 Å². The van der Waals surface area contributed by atoms with E-state index in [4.69, 9.17) is 5.14 Å². The average molecular weight is 344 g/mol. The number of nitrogens with one attached hydrogen (secondary N) is 1. The van der Waals surface area contributed by atoms with E-state index in [1.165, 1.54) is 17.7 Å². The molecule has 24 heavy (non-hydrogen) atoms. The van der Waals surface area contributed by atoms with Crippen LogP contribution in [0.25, 0.3) is 6.08 Å². The lowest BCUT2D eigenvalue weighted by molar-refractivity contribution is -0.111. The Bertz CT molecular complexity index is 870. The maximum Gasteiger partial charge on any atom is 0.248 e. The van der Waals surface area contributed by atoms with E-state index >= 15 is 0 Å². The molecule has 0 aliphatic heterocycles. The fourth-order valence-electron chi connectivity index (χ4n) is 2.20. The van der Waals surface area contributed by atoms with Gasteiger partial charge in [0.15, 0.2) is 0 Å². The molecule has 0 aromatic heterocycles. The van der Waals surface area contributed by atoms with Crippen molar-refractivity contribution < 1.29 is 13.2 Å². The van der Waals surface area contributed by atoms with E-state index in [1.54, 1.807) is 25.1 Å². The second kappa shape index (κ2) is 7.42. The summed E-state index contributed by atoms with van der Waals surface area (Å²) in [6.45, 7) is 3.72. The Hall–Kier alpha value is -2.44. The van der Waals surface area contributed by atoms with Crippen LogP contribution in [0.5, 0.6) is 0 Å². The predicted molar refractivity (Wildman–Crippen MR) is 96.0 cm³/mol. The minimum Gasteiger partial charge on any atom is -0.322 e. The number of rotatable bonds is 5. The van der Waals surface area contributed by atoms with Crippen molar-refractivity contribution in [1.82, 2.24) is 0 Å². The van der Waals surface area contributed by atoms with Crippen LogP contribution >= 0.6 is 0 Å². The molecule has 6 heteroatoms. The molecular weight excluding hydrogens is 324 g/mol. The van der Waals surface area contributed by atoms with Crippen molar-refractivity contribution in [3.8, 4) is 0 Å². The first-order chi connectivity index (χ1) is 11.3. The number of carbonyl (C=O) groups excluding carboxylic acids is 1. The van der Waals surface area contributed by atoms with Gasteiger partial charge in [-0.1, -0.05) is 37.3 Å². The molecule has 0 bridgehead atoms. The number of carbonyl (C=O) groups is 1. The molecule has 1 amide bonds. The van der Waals surface area contributed by atoms with Crippen LogP contribution in [0.15, 0.2) is 53.4 Å². The van der Waals surface area contributed by atoms with E-state index in [0.29, 0.717) is 11.3 Å². The molecule has 0 aliphatic carbocycles. The first-order valence-electron chi connectivity index (χ1n) is 7.51. The molecule has 0 heterocycles. The number of hydrogen-bond acceptors (Lipinski definition) is 3. The van der Waals surface area contributed by atoms with Crippen LogP contribution in [0.3, 0.4) is 0 Å². The first-order valence-corrected chi connectivity index (χ1v) is 9.05. The van der Waals surface area contributed by atoms with E-state index in [-0.39, 0.29) is 10.8 Å². The zero-order chi connectivity index (χ0) is 17.7. The number of sulfonamides is 1. The normalized spacial score (nSPS) is 11.6. The third kappa shape index (κ3) is 4.78. The van der Waals surface area contributed by atoms with E-state index in [1.807, 2.05) is 24.3 Å². The smallest absolute Gasteiger partial charge is 0.248 e. The van der Waals surface area contributed by atoms with Gasteiger partial charge in [0.05, 0.1) is 4.90 Å². The van der Waals surface area contributed by atoms with Crippen molar-refractivity contribution in [3.05, 3.63) is 65.2 Å². The van der Waals surface area contributed by atoms with E-state index in [2.05, 4.69) is 12.2 Å². The van der Waals surface area contributed by atoms with Gasteiger partial charge in [-0.05, 0) is 48.2 Å². The molecule has 0 unspecified atom stereocenters. The Morgan fingerprint density at radius 2 is 1.83 bits per heavy atom. The van der Waals surface area contributed by atoms with Crippen LogP contribution in [0.2, 0.25) is 0 Å². The lowest BCUT2D eigenvalue weighted by atomic mass is 10.1. The minimum atomic E-state index is -3.82. The standard InChI is InChI=1S/C18H20N2O3S/c1-3-14-5-7-15(8-6-14)9-11-18(21)20-16-10-4-13(2)17(12-16)24(19,22)23/h4-12H,3H2,1-2H3,(H,20,21)(H2,19,22,23)/b11-9+. The minimum absolute atomic E-state index is 0.000524. The third-order valence-electron chi connectivity index (χ3n) is 3.58. The van der Waals surface area contributed by atoms with Crippen molar-refractivity contribution in [1.29, 1.82) is 0 Å². The van der Waals surface area contributed by atoms with E-state index in [0.717, 1.165) is 12.0 Å². The fraction of sp³-hybridized carbons (Fsp3) is 0.167. The van der Waals surface area contributed by atoms with Crippen LogP contribution in [0.1, 0.15) is 23.6 Å². The van der Waals surface area contributed by atoms with Gasteiger partial charge in [-0.3, -0.25) is 4.79 Å². The molecule has 0 fully saturated rings. The summed E-state index contributed by atoms with van der Waals surface area (Å²) >= 11 is 0. The van der Waals surface area contributed by atoms with E-state index < -0.39 is 10.0 Å². The zero-order valence-corrected chi connectivity index (χ0v) is 14.4. The van der Waals surface area contributed by atoms with Crippen LogP contribution in [-0.2, 0) is 21.2 Å². The highest BCUT2D eigenvalue weighted by Crippen LogP contribution is 2.19. The molecule has 5 nitrogen and oxygen atoms in total. The Morgan fingerprint density at radius 3 is 2.42 bits per heavy atom. The molecular formula is C18H20N2O3S. The van der Waals surface area contributed by atoms with Crippen LogP contribution in [0.4, 0.5) is 5.69 Å². The number of hydrogen-bond donors (Lipinski definition) is 2. The Morgan fingerprint density at radius 1 is 1.17 bits per heavy atom. The summed E-state index contributed by atoms with van der Waals surface area (Å²) in [6.07, 6.45) is 4.06. The number of benzene rings is 2. The molecule has 0 saturated heterocycles. The van der Waals surface area contributed by atoms with Crippen molar-refractivity contribution in [2.24, 2.45) is 5.14 Å². The molecule has 0 atom stereocenters. The summed E-state index contributed by atoms with van der Waals surface area (Å²) in [4.78, 5) is 12.0. The highest BCUT2D eigenvalue weighted by molar-refractivity contribution is 7.89. The predicted octanol–water partition coefficient (Wildman–Crippen LogP) is 2.86. The van der Waals surface area contributed by atoms with E-state index in [9.17, 15) is 13.2 Å². The molecule has 0 radical (unpaired) electrons. The van der Waals surface area contributed by atoms with Gasteiger partial charge in [-0.2, -0.15) is 0 Å². The quantitative estimate of drug-likeness (QED) is 0.817. The average Bonchev–Trinajstić information content (AvgIpc) is 2.54. The Kier molecular flexibility index (Phi) is 5.54. The maximum absolute atomic E-state index is 12.0. The van der Waals surface area contributed by atoms with Gasteiger partial charge in [-0.15, -0.1) is 0 Å². The maximum atomic E-state index is 12.0. The van der Waals surface area contributed by atoms with Gasteiger partial charge in [0.25, 0.3) is 0 Å². The van der Waals surface area contributed by atoms with Crippen LogP contribution < -0.4 is 10.5 Å². The van der Waals surface area contributed by atoms with Gasteiger partial charge in [0, 0.05) is 11.8 Å². The summed E-state index contributed by atoms with van der Waals surface area (Å²) in [7, 11) is -3.82. The second-order valence-corrected chi connectivity index (χ2v) is 6.97. The zero-order valence-electron chi connectivity index (χ0n) is 13.6. The highest BCUT2D eigenvalue weighted by Gasteiger charge is 2.12. The third-order valence-corrected chi connectivity index (χ3v) is 4.63. The highest BCUT2D eigenvalue weighted by atomic mass is 32.2. The summed E-state index contributed by atoms with van der Waals surface area (Å²) in [6, 6.07) is 12.5. The lowest BCUT2D eigenvalue weighted by Crippen LogP contribution is -2.15. The molecule has 2 rings (SSSR count). The molecule has 0 spiro atoms. The van der Waals surface area contributed by atoms with Gasteiger partial charge >= 0.3 is 0 Å². The number of nitrogens with two attached hydrogens (primary N) is 1. The number of aryl methyl sites for hydroxylation is 2. The fourth-order valence-corrected chi connectivity index (χ4v) is 3.01. The summed E-state index contributed by atoms with van der Waals surface area (Å²) in [5, 5.41) is 7.79.